The summed E-state index contributed by atoms with van der Waals surface area (Å²) in [6.45, 7) is 5.80. The smallest absolute Gasteiger partial charge is 0.227 e. The second kappa shape index (κ2) is 5.06. The first-order valence-corrected chi connectivity index (χ1v) is 6.41. The lowest BCUT2D eigenvalue weighted by Crippen LogP contribution is -2.54. The van der Waals surface area contributed by atoms with Gasteiger partial charge in [0.25, 0.3) is 0 Å². The van der Waals surface area contributed by atoms with Gasteiger partial charge in [-0.05, 0) is 23.5 Å². The molecule has 0 saturated carbocycles. The summed E-state index contributed by atoms with van der Waals surface area (Å²) < 4.78 is 0. The van der Waals surface area contributed by atoms with Crippen LogP contribution in [0.5, 0.6) is 0 Å². The van der Waals surface area contributed by atoms with Gasteiger partial charge in [0.2, 0.25) is 5.91 Å². The Morgan fingerprint density at radius 3 is 3.00 bits per heavy atom. The minimum atomic E-state index is 0.0594. The lowest BCUT2D eigenvalue weighted by Gasteiger charge is -2.42. The van der Waals surface area contributed by atoms with E-state index in [9.17, 15) is 4.79 Å². The van der Waals surface area contributed by atoms with Gasteiger partial charge in [-0.25, -0.2) is 0 Å². The molecule has 0 radical (unpaired) electrons. The van der Waals surface area contributed by atoms with Crippen LogP contribution in [0, 0.1) is 5.41 Å². The molecule has 1 unspecified atom stereocenters. The minimum absolute atomic E-state index is 0.0594. The highest BCUT2D eigenvalue weighted by atomic mass is 16.2. The summed E-state index contributed by atoms with van der Waals surface area (Å²) in [5, 5.41) is 0. The van der Waals surface area contributed by atoms with Gasteiger partial charge in [0.05, 0.1) is 6.42 Å². The molecule has 4 heteroatoms. The van der Waals surface area contributed by atoms with Crippen LogP contribution < -0.4 is 5.73 Å². The molecule has 1 aliphatic heterocycles. The number of pyridine rings is 1. The maximum Gasteiger partial charge on any atom is 0.227 e. The molecule has 0 spiro atoms. The Hall–Kier alpha value is -1.42. The predicted molar refractivity (Wildman–Crippen MR) is 70.9 cm³/mol. The molecule has 0 bridgehead atoms. The highest BCUT2D eigenvalue weighted by molar-refractivity contribution is 5.78. The van der Waals surface area contributed by atoms with Gasteiger partial charge in [-0.15, -0.1) is 0 Å². The van der Waals surface area contributed by atoms with Crippen LogP contribution in [-0.4, -0.2) is 34.9 Å². The molecule has 0 aromatic carbocycles. The number of hydrogen-bond acceptors (Lipinski definition) is 3. The number of hydrogen-bond donors (Lipinski definition) is 1. The van der Waals surface area contributed by atoms with Crippen LogP contribution in [0.2, 0.25) is 0 Å². The molecule has 4 nitrogen and oxygen atoms in total. The van der Waals surface area contributed by atoms with Crippen LogP contribution >= 0.6 is 0 Å². The zero-order valence-corrected chi connectivity index (χ0v) is 11.1. The van der Waals surface area contributed by atoms with Crippen LogP contribution in [0.3, 0.4) is 0 Å². The van der Waals surface area contributed by atoms with E-state index < -0.39 is 0 Å². The number of aromatic nitrogens is 1. The fourth-order valence-electron chi connectivity index (χ4n) is 2.20. The van der Waals surface area contributed by atoms with Gasteiger partial charge in [-0.3, -0.25) is 9.78 Å². The molecule has 1 saturated heterocycles. The fraction of sp³-hybridized carbons (Fsp3) is 0.571. The van der Waals surface area contributed by atoms with Crippen LogP contribution in [-0.2, 0) is 11.2 Å². The highest BCUT2D eigenvalue weighted by Crippen LogP contribution is 2.29. The quantitative estimate of drug-likeness (QED) is 0.854. The second-order valence-corrected chi connectivity index (χ2v) is 5.72. The van der Waals surface area contributed by atoms with Gasteiger partial charge in [0.15, 0.2) is 0 Å². The van der Waals surface area contributed by atoms with Gasteiger partial charge in [-0.1, -0.05) is 19.9 Å². The molecule has 1 aliphatic rings. The normalized spacial score (nSPS) is 22.8. The van der Waals surface area contributed by atoms with Crippen molar-refractivity contribution in [2.75, 3.05) is 13.1 Å². The third kappa shape index (κ3) is 2.88. The summed E-state index contributed by atoms with van der Waals surface area (Å²) in [7, 11) is 0. The van der Waals surface area contributed by atoms with Crippen LogP contribution in [0.1, 0.15) is 25.8 Å². The summed E-state index contributed by atoms with van der Waals surface area (Å²) >= 11 is 0. The van der Waals surface area contributed by atoms with Crippen LogP contribution in [0.4, 0.5) is 0 Å². The number of nitrogens with two attached hydrogens (primary N) is 1. The molecular formula is C14H21N3O. The second-order valence-electron chi connectivity index (χ2n) is 5.72. The third-order valence-electron chi connectivity index (χ3n) is 3.88. The summed E-state index contributed by atoms with van der Waals surface area (Å²) in [6, 6.07) is 3.84. The monoisotopic (exact) mass is 247 g/mol. The molecule has 2 rings (SSSR count). The summed E-state index contributed by atoms with van der Waals surface area (Å²) in [5.41, 5.74) is 7.22. The SMILES string of the molecule is CC1(C)CCN(C(=O)Cc2cccnc2)CC1N. The Morgan fingerprint density at radius 2 is 2.39 bits per heavy atom. The first-order chi connectivity index (χ1) is 8.49. The van der Waals surface area contributed by atoms with Crippen molar-refractivity contribution in [3.05, 3.63) is 30.1 Å². The summed E-state index contributed by atoms with van der Waals surface area (Å²) in [5.74, 6) is 0.147. The van der Waals surface area contributed by atoms with E-state index in [-0.39, 0.29) is 17.4 Å². The van der Waals surface area contributed by atoms with Gasteiger partial charge >= 0.3 is 0 Å². The Balaban J connectivity index is 1.95. The molecule has 2 heterocycles. The Morgan fingerprint density at radius 1 is 1.61 bits per heavy atom. The van der Waals surface area contributed by atoms with Crippen molar-refractivity contribution < 1.29 is 4.79 Å². The minimum Gasteiger partial charge on any atom is -0.341 e. The van der Waals surface area contributed by atoms with Crippen molar-refractivity contribution in [1.29, 1.82) is 0 Å². The number of carbonyl (C=O) groups is 1. The number of likely N-dealkylation sites (tertiary alicyclic amines) is 1. The van der Waals surface area contributed by atoms with Crippen molar-refractivity contribution in [2.45, 2.75) is 32.7 Å². The summed E-state index contributed by atoms with van der Waals surface area (Å²) in [4.78, 5) is 18.1. The van der Waals surface area contributed by atoms with E-state index in [2.05, 4.69) is 18.8 Å². The molecule has 1 amide bonds. The number of rotatable bonds is 2. The number of nitrogens with zero attached hydrogens (tertiary/aromatic N) is 2. The number of carbonyl (C=O) groups excluding carboxylic acids is 1. The molecule has 1 aromatic rings. The lowest BCUT2D eigenvalue weighted by molar-refractivity contribution is -0.133. The highest BCUT2D eigenvalue weighted by Gasteiger charge is 2.34. The maximum absolute atomic E-state index is 12.2. The molecule has 98 valence electrons. The first kappa shape index (κ1) is 13.0. The van der Waals surface area contributed by atoms with Gasteiger partial charge in [0, 0.05) is 31.5 Å². The van der Waals surface area contributed by atoms with Crippen molar-refractivity contribution in [3.8, 4) is 0 Å². The van der Waals surface area contributed by atoms with Gasteiger partial charge < -0.3 is 10.6 Å². The van der Waals surface area contributed by atoms with E-state index in [1.54, 1.807) is 12.4 Å². The van der Waals surface area contributed by atoms with Gasteiger partial charge in [0.1, 0.15) is 0 Å². The average Bonchev–Trinajstić information content (AvgIpc) is 2.34. The van der Waals surface area contributed by atoms with E-state index in [1.807, 2.05) is 17.0 Å². The van der Waals surface area contributed by atoms with Gasteiger partial charge in [-0.2, -0.15) is 0 Å². The van der Waals surface area contributed by atoms with E-state index in [4.69, 9.17) is 5.73 Å². The van der Waals surface area contributed by atoms with E-state index in [1.165, 1.54) is 0 Å². The molecule has 18 heavy (non-hydrogen) atoms. The maximum atomic E-state index is 12.2. The molecular weight excluding hydrogens is 226 g/mol. The van der Waals surface area contributed by atoms with E-state index in [0.717, 1.165) is 18.5 Å². The van der Waals surface area contributed by atoms with Crippen molar-refractivity contribution >= 4 is 5.91 Å². The number of amides is 1. The standard InChI is InChI=1S/C14H21N3O/c1-14(2)5-7-17(10-12(14)15)13(18)8-11-4-3-6-16-9-11/h3-4,6,9,12H,5,7-8,10,15H2,1-2H3. The molecule has 1 atom stereocenters. The molecule has 1 aromatic heterocycles. The largest absolute Gasteiger partial charge is 0.341 e. The Labute approximate surface area is 108 Å². The van der Waals surface area contributed by atoms with Crippen LogP contribution in [0.15, 0.2) is 24.5 Å². The van der Waals surface area contributed by atoms with E-state index >= 15 is 0 Å². The zero-order chi connectivity index (χ0) is 13.2. The van der Waals surface area contributed by atoms with Crippen molar-refractivity contribution in [1.82, 2.24) is 9.88 Å². The Bertz CT molecular complexity index is 416. The Kier molecular flexibility index (Phi) is 3.66. The topological polar surface area (TPSA) is 59.2 Å². The third-order valence-corrected chi connectivity index (χ3v) is 3.88. The van der Waals surface area contributed by atoms with Crippen LogP contribution in [0.25, 0.3) is 0 Å². The molecule has 0 aliphatic carbocycles. The number of piperidine rings is 1. The average molecular weight is 247 g/mol. The van der Waals surface area contributed by atoms with Crippen molar-refractivity contribution in [3.63, 3.8) is 0 Å². The molecule has 1 fully saturated rings. The van der Waals surface area contributed by atoms with E-state index in [0.29, 0.717) is 13.0 Å². The molecule has 2 N–H and O–H groups in total. The first-order valence-electron chi connectivity index (χ1n) is 6.41. The fourth-order valence-corrected chi connectivity index (χ4v) is 2.20. The zero-order valence-electron chi connectivity index (χ0n) is 11.1. The van der Waals surface area contributed by atoms with Crippen molar-refractivity contribution in [2.24, 2.45) is 11.1 Å². The summed E-state index contributed by atoms with van der Waals surface area (Å²) in [6.07, 6.45) is 4.84. The predicted octanol–water partition coefficient (Wildman–Crippen LogP) is 1.21. The lowest BCUT2D eigenvalue weighted by atomic mass is 9.78.